The van der Waals surface area contributed by atoms with Gasteiger partial charge in [-0.3, -0.25) is 0 Å². The minimum atomic E-state index is -0.925. The van der Waals surface area contributed by atoms with Crippen molar-refractivity contribution in [2.75, 3.05) is 6.61 Å². The molecule has 1 unspecified atom stereocenters. The molecular formula is C27H26N2O3. The Hall–Kier alpha value is -3.44. The van der Waals surface area contributed by atoms with Gasteiger partial charge in [0.05, 0.1) is 17.0 Å². The summed E-state index contributed by atoms with van der Waals surface area (Å²) >= 11 is 0. The molecule has 4 aromatic rings. The Labute approximate surface area is 187 Å². The number of aryl methyl sites for hydroxylation is 1. The van der Waals surface area contributed by atoms with Gasteiger partial charge in [-0.2, -0.15) is 0 Å². The Bertz CT molecular complexity index is 1290. The van der Waals surface area contributed by atoms with Crippen LogP contribution in [0.1, 0.15) is 64.7 Å². The van der Waals surface area contributed by atoms with E-state index in [1.807, 2.05) is 43.3 Å². The van der Waals surface area contributed by atoms with Crippen molar-refractivity contribution in [2.24, 2.45) is 0 Å². The molecular weight excluding hydrogens is 400 g/mol. The lowest BCUT2D eigenvalue weighted by molar-refractivity contribution is 0.0697. The number of imidazole rings is 1. The van der Waals surface area contributed by atoms with Gasteiger partial charge >= 0.3 is 5.97 Å². The van der Waals surface area contributed by atoms with Crippen LogP contribution in [0, 0.1) is 6.92 Å². The molecule has 1 aliphatic rings. The minimum absolute atomic E-state index is 0.242. The zero-order valence-corrected chi connectivity index (χ0v) is 18.3. The van der Waals surface area contributed by atoms with Crippen LogP contribution in [-0.2, 0) is 4.74 Å². The predicted octanol–water partition coefficient (Wildman–Crippen LogP) is 6.01. The van der Waals surface area contributed by atoms with Crippen LogP contribution in [0.15, 0.2) is 66.9 Å². The van der Waals surface area contributed by atoms with Crippen molar-refractivity contribution in [2.45, 2.75) is 38.7 Å². The average molecular weight is 427 g/mol. The third kappa shape index (κ3) is 3.69. The summed E-state index contributed by atoms with van der Waals surface area (Å²) in [4.78, 5) is 16.5. The molecule has 5 heteroatoms. The number of rotatable bonds is 7. The van der Waals surface area contributed by atoms with Crippen LogP contribution in [0.3, 0.4) is 0 Å². The van der Waals surface area contributed by atoms with Gasteiger partial charge in [0.2, 0.25) is 0 Å². The van der Waals surface area contributed by atoms with Gasteiger partial charge in [-0.1, -0.05) is 48.5 Å². The summed E-state index contributed by atoms with van der Waals surface area (Å²) in [7, 11) is 0. The third-order valence-electron chi connectivity index (χ3n) is 6.14. The molecule has 1 fully saturated rings. The van der Waals surface area contributed by atoms with E-state index in [-0.39, 0.29) is 6.10 Å². The van der Waals surface area contributed by atoms with Crippen LogP contribution in [0.4, 0.5) is 0 Å². The van der Waals surface area contributed by atoms with Crippen molar-refractivity contribution in [3.63, 3.8) is 0 Å². The molecule has 1 atom stereocenters. The summed E-state index contributed by atoms with van der Waals surface area (Å²) in [6.07, 6.45) is 4.35. The van der Waals surface area contributed by atoms with Crippen molar-refractivity contribution < 1.29 is 14.6 Å². The molecule has 0 bridgehead atoms. The van der Waals surface area contributed by atoms with Crippen LogP contribution < -0.4 is 0 Å². The van der Waals surface area contributed by atoms with Gasteiger partial charge in [0.15, 0.2) is 0 Å². The molecule has 1 saturated carbocycles. The van der Waals surface area contributed by atoms with Gasteiger partial charge in [-0.25, -0.2) is 9.78 Å². The zero-order valence-electron chi connectivity index (χ0n) is 18.3. The van der Waals surface area contributed by atoms with Crippen molar-refractivity contribution in [3.05, 3.63) is 94.9 Å². The normalized spacial score (nSPS) is 14.6. The summed E-state index contributed by atoms with van der Waals surface area (Å²) in [5, 5.41) is 9.53. The predicted molar refractivity (Wildman–Crippen MR) is 124 cm³/mol. The van der Waals surface area contributed by atoms with Crippen LogP contribution in [0.5, 0.6) is 0 Å². The van der Waals surface area contributed by atoms with E-state index in [0.29, 0.717) is 23.7 Å². The highest BCUT2D eigenvalue weighted by Crippen LogP contribution is 2.40. The quantitative estimate of drug-likeness (QED) is 0.393. The lowest BCUT2D eigenvalue weighted by atomic mass is 9.97. The number of hydrogen-bond acceptors (Lipinski definition) is 3. The topological polar surface area (TPSA) is 63.8 Å². The number of carbonyl (C=O) groups is 1. The first-order valence-corrected chi connectivity index (χ1v) is 11.1. The summed E-state index contributed by atoms with van der Waals surface area (Å²) in [5.41, 5.74) is 7.25. The number of aromatic carboxylic acids is 1. The maximum atomic E-state index is 11.6. The standard InChI is InChI=1S/C27H26N2O3/c1-3-32-25(24-15-8-17(2)26-28-23(16-29(24)26)19-11-12-19)20-13-9-18(10-14-20)21-6-4-5-7-22(21)27(30)31/h4-10,13-16,19,25H,3,11-12H2,1-2H3,(H,30,31). The van der Waals surface area contributed by atoms with E-state index in [1.54, 1.807) is 12.1 Å². The van der Waals surface area contributed by atoms with E-state index < -0.39 is 5.97 Å². The number of carboxylic acids is 1. The highest BCUT2D eigenvalue weighted by Gasteiger charge is 2.28. The SMILES string of the molecule is CCOC(c1ccc(-c2ccccc2C(=O)O)cc1)c1ccc(C)c2nc(C3CC3)cn12. The molecule has 1 aliphatic carbocycles. The van der Waals surface area contributed by atoms with E-state index in [1.165, 1.54) is 12.8 Å². The molecule has 0 radical (unpaired) electrons. The second-order valence-electron chi connectivity index (χ2n) is 8.38. The summed E-state index contributed by atoms with van der Waals surface area (Å²) in [6.45, 7) is 4.67. The van der Waals surface area contributed by atoms with E-state index in [4.69, 9.17) is 9.72 Å². The first-order valence-electron chi connectivity index (χ1n) is 11.1. The molecule has 0 aliphatic heterocycles. The molecule has 0 amide bonds. The van der Waals surface area contributed by atoms with Gasteiger partial charge in [-0.15, -0.1) is 0 Å². The van der Waals surface area contributed by atoms with Crippen molar-refractivity contribution in [1.82, 2.24) is 9.38 Å². The van der Waals surface area contributed by atoms with Gasteiger partial charge in [-0.05, 0) is 61.1 Å². The van der Waals surface area contributed by atoms with Crippen LogP contribution in [0.2, 0.25) is 0 Å². The molecule has 162 valence electrons. The number of hydrogen-bond donors (Lipinski definition) is 1. The molecule has 5 nitrogen and oxygen atoms in total. The van der Waals surface area contributed by atoms with Crippen molar-refractivity contribution in [1.29, 1.82) is 0 Å². The Balaban J connectivity index is 1.55. The van der Waals surface area contributed by atoms with E-state index in [0.717, 1.165) is 33.7 Å². The average Bonchev–Trinajstić information content (AvgIpc) is 3.56. The Morgan fingerprint density at radius 1 is 1.12 bits per heavy atom. The number of carboxylic acid groups (broad SMARTS) is 1. The van der Waals surface area contributed by atoms with Crippen molar-refractivity contribution >= 4 is 11.6 Å². The molecule has 2 aromatic heterocycles. The molecule has 32 heavy (non-hydrogen) atoms. The summed E-state index contributed by atoms with van der Waals surface area (Å²) < 4.78 is 8.39. The fourth-order valence-electron chi connectivity index (χ4n) is 4.31. The number of nitrogens with zero attached hydrogens (tertiary/aromatic N) is 2. The molecule has 1 N–H and O–H groups in total. The number of ether oxygens (including phenoxy) is 1. The first-order chi connectivity index (χ1) is 15.6. The summed E-state index contributed by atoms with van der Waals surface area (Å²) in [6, 6.07) is 19.3. The molecule has 2 aromatic carbocycles. The second kappa shape index (κ2) is 8.24. The first kappa shape index (κ1) is 20.5. The Morgan fingerprint density at radius 3 is 2.56 bits per heavy atom. The van der Waals surface area contributed by atoms with Crippen LogP contribution in [-0.4, -0.2) is 27.1 Å². The minimum Gasteiger partial charge on any atom is -0.478 e. The number of benzene rings is 2. The van der Waals surface area contributed by atoms with E-state index in [2.05, 4.69) is 29.7 Å². The Morgan fingerprint density at radius 2 is 1.88 bits per heavy atom. The molecule has 2 heterocycles. The fraction of sp³-hybridized carbons (Fsp3) is 0.259. The monoisotopic (exact) mass is 426 g/mol. The maximum absolute atomic E-state index is 11.6. The van der Waals surface area contributed by atoms with E-state index >= 15 is 0 Å². The lowest BCUT2D eigenvalue weighted by Gasteiger charge is -2.20. The van der Waals surface area contributed by atoms with Crippen LogP contribution in [0.25, 0.3) is 16.8 Å². The van der Waals surface area contributed by atoms with Gasteiger partial charge in [0.1, 0.15) is 11.8 Å². The smallest absolute Gasteiger partial charge is 0.336 e. The molecule has 0 spiro atoms. The fourth-order valence-corrected chi connectivity index (χ4v) is 4.31. The largest absolute Gasteiger partial charge is 0.478 e. The molecule has 0 saturated heterocycles. The number of fused-ring (bicyclic) bond motifs is 1. The van der Waals surface area contributed by atoms with E-state index in [9.17, 15) is 9.90 Å². The maximum Gasteiger partial charge on any atom is 0.336 e. The molecule has 5 rings (SSSR count). The Kier molecular flexibility index (Phi) is 5.27. The second-order valence-corrected chi connectivity index (χ2v) is 8.38. The number of aromatic nitrogens is 2. The zero-order chi connectivity index (χ0) is 22.2. The number of pyridine rings is 1. The third-order valence-corrected chi connectivity index (χ3v) is 6.14. The van der Waals surface area contributed by atoms with Gasteiger partial charge in [0.25, 0.3) is 0 Å². The van der Waals surface area contributed by atoms with Gasteiger partial charge in [0, 0.05) is 18.7 Å². The summed E-state index contributed by atoms with van der Waals surface area (Å²) in [5.74, 6) is -0.341. The van der Waals surface area contributed by atoms with Crippen molar-refractivity contribution in [3.8, 4) is 11.1 Å². The van der Waals surface area contributed by atoms with Gasteiger partial charge < -0.3 is 14.2 Å². The highest BCUT2D eigenvalue weighted by atomic mass is 16.5. The highest BCUT2D eigenvalue weighted by molar-refractivity contribution is 5.96. The van der Waals surface area contributed by atoms with Crippen LogP contribution >= 0.6 is 0 Å². The lowest BCUT2D eigenvalue weighted by Crippen LogP contribution is -2.11.